The SMILES string of the molecule is COc1ccc(N2C[C@@H](C(=O)N3CCCC4=C[C@H]5C[C@H](CN6CCCC[C@@H]56)[C@H]43)CC2=O)c(OC)c1. The largest absolute Gasteiger partial charge is 0.497 e. The number of carbonyl (C=O) groups excluding carboxylic acids is 2. The van der Waals surface area contributed by atoms with Crippen LogP contribution in [0.5, 0.6) is 11.5 Å². The third-order valence-corrected chi connectivity index (χ3v) is 9.09. The lowest BCUT2D eigenvalue weighted by Crippen LogP contribution is -2.60. The molecule has 4 saturated heterocycles. The minimum atomic E-state index is -0.308. The van der Waals surface area contributed by atoms with E-state index < -0.39 is 0 Å². The summed E-state index contributed by atoms with van der Waals surface area (Å²) in [5.74, 6) is 2.27. The fourth-order valence-electron chi connectivity index (χ4n) is 7.57. The number of fused-ring (bicyclic) bond motifs is 6. The van der Waals surface area contributed by atoms with Crippen LogP contribution in [0.3, 0.4) is 0 Å². The van der Waals surface area contributed by atoms with E-state index in [1.165, 1.54) is 37.8 Å². The number of benzene rings is 1. The predicted octanol–water partition coefficient (Wildman–Crippen LogP) is 3.48. The van der Waals surface area contributed by atoms with E-state index in [-0.39, 0.29) is 30.2 Å². The Bertz CT molecular complexity index is 1040. The van der Waals surface area contributed by atoms with Gasteiger partial charge in [-0.15, -0.1) is 0 Å². The van der Waals surface area contributed by atoms with Gasteiger partial charge in [-0.05, 0) is 62.6 Å². The Morgan fingerprint density at radius 3 is 2.77 bits per heavy atom. The molecule has 4 heterocycles. The summed E-state index contributed by atoms with van der Waals surface area (Å²) in [6.45, 7) is 3.54. The van der Waals surface area contributed by atoms with Crippen LogP contribution < -0.4 is 14.4 Å². The van der Waals surface area contributed by atoms with Crippen LogP contribution in [0.15, 0.2) is 29.8 Å². The van der Waals surface area contributed by atoms with E-state index in [1.54, 1.807) is 25.2 Å². The standard InChI is InChI=1S/C28H37N3O4/c1-34-22-8-9-24(25(15-22)35-2)31-17-21(14-26(31)32)28(33)30-11-5-6-18-12-19-13-20(27(18)30)16-29-10-4-3-7-23(19)29/h8-9,12,15,19-21,23,27H,3-7,10-11,13-14,16-17H2,1-2H3/t19-,20+,21-,23-,27-/m0/s1. The highest BCUT2D eigenvalue weighted by atomic mass is 16.5. The summed E-state index contributed by atoms with van der Waals surface area (Å²) < 4.78 is 10.8. The number of anilines is 1. The first-order valence-corrected chi connectivity index (χ1v) is 13.3. The van der Waals surface area contributed by atoms with E-state index in [2.05, 4.69) is 15.9 Å². The smallest absolute Gasteiger partial charge is 0.228 e. The molecule has 35 heavy (non-hydrogen) atoms. The molecule has 0 saturated carbocycles. The molecule has 2 bridgehead atoms. The monoisotopic (exact) mass is 479 g/mol. The lowest BCUT2D eigenvalue weighted by atomic mass is 9.68. The maximum Gasteiger partial charge on any atom is 0.228 e. The lowest BCUT2D eigenvalue weighted by Gasteiger charge is -2.55. The van der Waals surface area contributed by atoms with Crippen LogP contribution in [-0.4, -0.2) is 74.1 Å². The fraction of sp³-hybridized carbons (Fsp3) is 0.643. The quantitative estimate of drug-likeness (QED) is 0.619. The van der Waals surface area contributed by atoms with Crippen molar-refractivity contribution in [1.29, 1.82) is 0 Å². The Balaban J connectivity index is 1.22. The van der Waals surface area contributed by atoms with E-state index >= 15 is 0 Å². The maximum absolute atomic E-state index is 13.9. The second kappa shape index (κ2) is 9.16. The van der Waals surface area contributed by atoms with Crippen LogP contribution >= 0.6 is 0 Å². The van der Waals surface area contributed by atoms with Crippen LogP contribution in [0.4, 0.5) is 5.69 Å². The van der Waals surface area contributed by atoms with Crippen LogP contribution in [0.2, 0.25) is 0 Å². The number of amides is 2. The molecular weight excluding hydrogens is 442 g/mol. The van der Waals surface area contributed by atoms with Crippen molar-refractivity contribution in [2.24, 2.45) is 17.8 Å². The summed E-state index contributed by atoms with van der Waals surface area (Å²) in [5, 5.41) is 0. The highest BCUT2D eigenvalue weighted by molar-refractivity contribution is 6.01. The summed E-state index contributed by atoms with van der Waals surface area (Å²) in [7, 11) is 3.20. The number of ether oxygens (including phenoxy) is 2. The Morgan fingerprint density at radius 2 is 1.94 bits per heavy atom. The molecule has 2 amide bonds. The molecule has 7 nitrogen and oxygen atoms in total. The molecule has 1 aromatic carbocycles. The lowest BCUT2D eigenvalue weighted by molar-refractivity contribution is -0.140. The third-order valence-electron chi connectivity index (χ3n) is 9.09. The zero-order valence-corrected chi connectivity index (χ0v) is 20.9. The highest BCUT2D eigenvalue weighted by Crippen LogP contribution is 2.46. The van der Waals surface area contributed by atoms with Crippen molar-refractivity contribution < 1.29 is 19.1 Å². The molecule has 1 aromatic rings. The van der Waals surface area contributed by atoms with E-state index in [1.807, 2.05) is 12.1 Å². The van der Waals surface area contributed by atoms with Gasteiger partial charge in [0, 0.05) is 38.2 Å². The zero-order chi connectivity index (χ0) is 24.1. The number of carbonyl (C=O) groups is 2. The zero-order valence-electron chi connectivity index (χ0n) is 20.9. The molecule has 5 aliphatic rings. The van der Waals surface area contributed by atoms with Crippen molar-refractivity contribution in [2.45, 2.75) is 57.0 Å². The van der Waals surface area contributed by atoms with Gasteiger partial charge in [0.05, 0.1) is 31.9 Å². The van der Waals surface area contributed by atoms with Gasteiger partial charge in [0.15, 0.2) is 0 Å². The number of hydrogen-bond acceptors (Lipinski definition) is 5. The summed E-state index contributed by atoms with van der Waals surface area (Å²) >= 11 is 0. The molecule has 0 radical (unpaired) electrons. The van der Waals surface area contributed by atoms with Crippen molar-refractivity contribution in [3.63, 3.8) is 0 Å². The van der Waals surface area contributed by atoms with E-state index in [9.17, 15) is 9.59 Å². The summed E-state index contributed by atoms with van der Waals surface area (Å²) in [4.78, 5) is 33.6. The van der Waals surface area contributed by atoms with Crippen molar-refractivity contribution >= 4 is 17.5 Å². The normalized spacial score (nSPS) is 32.6. The van der Waals surface area contributed by atoms with Gasteiger partial charge in [0.25, 0.3) is 0 Å². The average Bonchev–Trinajstić information content (AvgIpc) is 3.28. The Morgan fingerprint density at radius 1 is 1.06 bits per heavy atom. The summed E-state index contributed by atoms with van der Waals surface area (Å²) in [5.41, 5.74) is 2.20. The van der Waals surface area contributed by atoms with E-state index in [0.29, 0.717) is 41.6 Å². The maximum atomic E-state index is 13.9. The highest BCUT2D eigenvalue weighted by Gasteiger charge is 2.48. The van der Waals surface area contributed by atoms with Gasteiger partial charge in [-0.25, -0.2) is 0 Å². The summed E-state index contributed by atoms with van der Waals surface area (Å²) in [6, 6.07) is 6.39. The van der Waals surface area contributed by atoms with E-state index in [0.717, 1.165) is 25.9 Å². The van der Waals surface area contributed by atoms with Crippen LogP contribution in [0.1, 0.15) is 44.9 Å². The first-order chi connectivity index (χ1) is 17.1. The average molecular weight is 480 g/mol. The molecule has 0 spiro atoms. The fourth-order valence-corrected chi connectivity index (χ4v) is 7.57. The van der Waals surface area contributed by atoms with Gasteiger partial charge in [-0.3, -0.25) is 14.5 Å². The number of nitrogens with zero attached hydrogens (tertiary/aromatic N) is 3. The first kappa shape index (κ1) is 22.9. The van der Waals surface area contributed by atoms with Crippen LogP contribution in [-0.2, 0) is 9.59 Å². The Hall–Kier alpha value is -2.54. The first-order valence-electron chi connectivity index (χ1n) is 13.3. The number of methoxy groups -OCH3 is 2. The minimum Gasteiger partial charge on any atom is -0.497 e. The second-order valence-electron chi connectivity index (χ2n) is 11.0. The molecule has 5 atom stereocenters. The molecule has 0 aromatic heterocycles. The Kier molecular flexibility index (Phi) is 5.99. The molecule has 6 rings (SSSR count). The third kappa shape index (κ3) is 3.92. The number of rotatable bonds is 4. The number of piperidine rings is 3. The topological polar surface area (TPSA) is 62.3 Å². The predicted molar refractivity (Wildman–Crippen MR) is 134 cm³/mol. The van der Waals surface area contributed by atoms with Crippen molar-refractivity contribution in [1.82, 2.24) is 9.80 Å². The molecule has 0 N–H and O–H groups in total. The van der Waals surface area contributed by atoms with Gasteiger partial charge in [0.2, 0.25) is 11.8 Å². The van der Waals surface area contributed by atoms with Crippen molar-refractivity contribution in [2.75, 3.05) is 45.3 Å². The van der Waals surface area contributed by atoms with Gasteiger partial charge in [-0.1, -0.05) is 18.1 Å². The number of hydrogen-bond donors (Lipinski definition) is 0. The van der Waals surface area contributed by atoms with Gasteiger partial charge >= 0.3 is 0 Å². The molecule has 0 unspecified atom stereocenters. The van der Waals surface area contributed by atoms with Crippen molar-refractivity contribution in [3.05, 3.63) is 29.8 Å². The van der Waals surface area contributed by atoms with E-state index in [4.69, 9.17) is 9.47 Å². The van der Waals surface area contributed by atoms with Crippen LogP contribution in [0.25, 0.3) is 0 Å². The molecule has 7 heteroatoms. The molecule has 4 fully saturated rings. The van der Waals surface area contributed by atoms with Crippen molar-refractivity contribution in [3.8, 4) is 11.5 Å². The number of likely N-dealkylation sites (tertiary alicyclic amines) is 1. The van der Waals surface area contributed by atoms with Gasteiger partial charge in [0.1, 0.15) is 11.5 Å². The van der Waals surface area contributed by atoms with Gasteiger partial charge < -0.3 is 19.3 Å². The molecule has 188 valence electrons. The summed E-state index contributed by atoms with van der Waals surface area (Å²) in [6.07, 6.45) is 10.1. The molecule has 1 aliphatic carbocycles. The van der Waals surface area contributed by atoms with Gasteiger partial charge in [-0.2, -0.15) is 0 Å². The van der Waals surface area contributed by atoms with Crippen LogP contribution in [0, 0.1) is 17.8 Å². The minimum absolute atomic E-state index is 0.0166. The molecular formula is C28H37N3O4. The Labute approximate surface area is 208 Å². The molecule has 4 aliphatic heterocycles. The second-order valence-corrected chi connectivity index (χ2v) is 11.0.